The highest BCUT2D eigenvalue weighted by molar-refractivity contribution is 6.35. The van der Waals surface area contributed by atoms with E-state index in [4.69, 9.17) is 31.2 Å². The van der Waals surface area contributed by atoms with Crippen LogP contribution in [0.2, 0.25) is 5.02 Å². The summed E-state index contributed by atoms with van der Waals surface area (Å²) in [6.45, 7) is 1.63. The maximum absolute atomic E-state index is 12.8. The lowest BCUT2D eigenvalue weighted by Gasteiger charge is -2.34. The number of carbonyl (C=O) groups excluding carboxylic acids is 1. The summed E-state index contributed by atoms with van der Waals surface area (Å²) in [5.41, 5.74) is 7.15. The third kappa shape index (κ3) is 3.64. The molecule has 1 saturated heterocycles. The third-order valence-electron chi connectivity index (χ3n) is 4.55. The molecule has 1 fully saturated rings. The van der Waals surface area contributed by atoms with E-state index >= 15 is 0 Å². The topological polar surface area (TPSA) is 77.9 Å². The van der Waals surface area contributed by atoms with Crippen LogP contribution in [0, 0.1) is 0 Å². The van der Waals surface area contributed by atoms with Crippen LogP contribution in [-0.4, -0.2) is 30.8 Å². The molecule has 2 aromatic carbocycles. The zero-order valence-electron chi connectivity index (χ0n) is 14.6. The summed E-state index contributed by atoms with van der Waals surface area (Å²) < 4.78 is 16.8. The van der Waals surface area contributed by atoms with Gasteiger partial charge in [-0.2, -0.15) is 0 Å². The van der Waals surface area contributed by atoms with Crippen molar-refractivity contribution in [3.63, 3.8) is 0 Å². The molecule has 0 bridgehead atoms. The molecule has 1 aromatic heterocycles. The number of carbonyl (C=O) groups is 1. The number of rotatable bonds is 3. The Hall–Kier alpha value is -2.54. The molecule has 0 aliphatic carbocycles. The lowest BCUT2D eigenvalue weighted by molar-refractivity contribution is 0.00126. The number of nitrogens with two attached hydrogens (primary N) is 1. The molecule has 0 saturated carbocycles. The molecule has 2 heterocycles. The van der Waals surface area contributed by atoms with E-state index in [1.54, 1.807) is 23.1 Å². The van der Waals surface area contributed by atoms with Crippen LogP contribution in [0.4, 0.5) is 4.79 Å². The molecule has 1 unspecified atom stereocenters. The van der Waals surface area contributed by atoms with Gasteiger partial charge in [0.2, 0.25) is 0 Å². The van der Waals surface area contributed by atoms with Gasteiger partial charge in [-0.15, -0.1) is 0 Å². The van der Waals surface area contributed by atoms with Crippen molar-refractivity contribution in [2.45, 2.75) is 12.6 Å². The highest BCUT2D eigenvalue weighted by Gasteiger charge is 2.30. The Bertz CT molecular complexity index is 957. The molecule has 0 radical (unpaired) electrons. The van der Waals surface area contributed by atoms with Crippen molar-refractivity contribution in [1.29, 1.82) is 0 Å². The Morgan fingerprint density at radius 2 is 2.07 bits per heavy atom. The number of furan rings is 1. The first kappa shape index (κ1) is 17.9. The summed E-state index contributed by atoms with van der Waals surface area (Å²) in [6, 6.07) is 14.7. The molecule has 1 atom stereocenters. The van der Waals surface area contributed by atoms with Gasteiger partial charge < -0.3 is 19.6 Å². The van der Waals surface area contributed by atoms with E-state index in [1.165, 1.54) is 0 Å². The van der Waals surface area contributed by atoms with E-state index in [2.05, 4.69) is 0 Å². The summed E-state index contributed by atoms with van der Waals surface area (Å²) in [4.78, 5) is 14.5. The van der Waals surface area contributed by atoms with Gasteiger partial charge in [0.25, 0.3) is 0 Å². The molecule has 1 amide bonds. The number of nitrogens with zero attached hydrogens (tertiary/aromatic N) is 1. The minimum absolute atomic E-state index is 0.190. The fourth-order valence-electron chi connectivity index (χ4n) is 3.23. The molecule has 1 aliphatic heterocycles. The van der Waals surface area contributed by atoms with Gasteiger partial charge in [-0.1, -0.05) is 41.9 Å². The lowest BCUT2D eigenvalue weighted by atomic mass is 10.1. The van der Waals surface area contributed by atoms with Crippen molar-refractivity contribution in [2.24, 2.45) is 5.73 Å². The Morgan fingerprint density at radius 1 is 1.26 bits per heavy atom. The van der Waals surface area contributed by atoms with Crippen LogP contribution in [-0.2, 0) is 11.3 Å². The summed E-state index contributed by atoms with van der Waals surface area (Å²) in [5, 5.41) is 1.11. The molecular formula is C20H19ClN2O4. The van der Waals surface area contributed by atoms with Gasteiger partial charge in [0.05, 0.1) is 30.8 Å². The average molecular weight is 387 g/mol. The van der Waals surface area contributed by atoms with Gasteiger partial charge in [0.15, 0.2) is 5.58 Å². The second-order valence-electron chi connectivity index (χ2n) is 6.30. The number of morpholine rings is 1. The van der Waals surface area contributed by atoms with Crippen molar-refractivity contribution in [1.82, 2.24) is 4.90 Å². The number of fused-ring (bicyclic) bond motifs is 1. The standard InChI is InChI=1S/C20H19ClN2O4/c21-17-10-15(8-14-9-16(11-22)26-19(14)17)27-20(24)23-6-7-25-12-18(23)13-4-2-1-3-5-13/h1-5,8-10,18H,6-7,11-12,22H2. The molecule has 1 aliphatic rings. The first-order chi connectivity index (χ1) is 13.2. The van der Waals surface area contributed by atoms with Gasteiger partial charge in [-0.05, 0) is 17.7 Å². The van der Waals surface area contributed by atoms with Crippen LogP contribution < -0.4 is 10.5 Å². The number of ether oxygens (including phenoxy) is 2. The molecule has 140 valence electrons. The normalized spacial score (nSPS) is 17.3. The average Bonchev–Trinajstić information content (AvgIpc) is 3.12. The Labute approximate surface area is 161 Å². The number of halogens is 1. The first-order valence-electron chi connectivity index (χ1n) is 8.69. The second kappa shape index (κ2) is 7.60. The van der Waals surface area contributed by atoms with Crippen LogP contribution in [0.1, 0.15) is 17.4 Å². The van der Waals surface area contributed by atoms with Crippen molar-refractivity contribution in [2.75, 3.05) is 19.8 Å². The minimum atomic E-state index is -0.440. The van der Waals surface area contributed by atoms with Crippen molar-refractivity contribution < 1.29 is 18.7 Å². The molecular weight excluding hydrogens is 368 g/mol. The largest absolute Gasteiger partial charge is 0.458 e. The van der Waals surface area contributed by atoms with Crippen LogP contribution in [0.5, 0.6) is 5.75 Å². The highest BCUT2D eigenvalue weighted by Crippen LogP contribution is 2.32. The molecule has 7 heteroatoms. The van der Waals surface area contributed by atoms with Gasteiger partial charge in [-0.25, -0.2) is 4.79 Å². The van der Waals surface area contributed by atoms with Gasteiger partial charge >= 0.3 is 6.09 Å². The Morgan fingerprint density at radius 3 is 2.85 bits per heavy atom. The van der Waals surface area contributed by atoms with E-state index in [1.807, 2.05) is 30.3 Å². The molecule has 27 heavy (non-hydrogen) atoms. The third-order valence-corrected chi connectivity index (χ3v) is 4.83. The molecule has 2 N–H and O–H groups in total. The number of benzene rings is 2. The quantitative estimate of drug-likeness (QED) is 0.732. The van der Waals surface area contributed by atoms with Gasteiger partial charge in [0.1, 0.15) is 11.5 Å². The summed E-state index contributed by atoms with van der Waals surface area (Å²) in [6.07, 6.45) is -0.440. The van der Waals surface area contributed by atoms with Crippen LogP contribution in [0.3, 0.4) is 0 Å². The fraction of sp³-hybridized carbons (Fsp3) is 0.250. The minimum Gasteiger partial charge on any atom is -0.458 e. The number of hydrogen-bond donors (Lipinski definition) is 1. The zero-order valence-corrected chi connectivity index (χ0v) is 15.3. The van der Waals surface area contributed by atoms with E-state index in [9.17, 15) is 4.79 Å². The fourth-order valence-corrected chi connectivity index (χ4v) is 3.49. The SMILES string of the molecule is NCc1cc2cc(OC(=O)N3CCOCC3c3ccccc3)cc(Cl)c2o1. The van der Waals surface area contributed by atoms with Crippen molar-refractivity contribution in [3.8, 4) is 5.75 Å². The highest BCUT2D eigenvalue weighted by atomic mass is 35.5. The molecule has 0 spiro atoms. The van der Waals surface area contributed by atoms with Crippen molar-refractivity contribution >= 4 is 28.7 Å². The molecule has 6 nitrogen and oxygen atoms in total. The van der Waals surface area contributed by atoms with Crippen LogP contribution in [0.15, 0.2) is 52.9 Å². The Balaban J connectivity index is 1.58. The molecule has 3 aromatic rings. The summed E-state index contributed by atoms with van der Waals surface area (Å²) in [7, 11) is 0. The molecule has 4 rings (SSSR count). The maximum atomic E-state index is 12.8. The Kier molecular flexibility index (Phi) is 5.03. The van der Waals surface area contributed by atoms with Gasteiger partial charge in [-0.3, -0.25) is 4.90 Å². The lowest BCUT2D eigenvalue weighted by Crippen LogP contribution is -2.44. The summed E-state index contributed by atoms with van der Waals surface area (Å²) in [5.74, 6) is 0.980. The predicted octanol–water partition coefficient (Wildman–Crippen LogP) is 4.12. The van der Waals surface area contributed by atoms with Crippen LogP contribution in [0.25, 0.3) is 11.0 Å². The smallest absolute Gasteiger partial charge is 0.415 e. The second-order valence-corrected chi connectivity index (χ2v) is 6.71. The number of hydrogen-bond acceptors (Lipinski definition) is 5. The predicted molar refractivity (Wildman–Crippen MR) is 102 cm³/mol. The maximum Gasteiger partial charge on any atom is 0.415 e. The number of amides is 1. The van der Waals surface area contributed by atoms with E-state index in [0.29, 0.717) is 41.9 Å². The van der Waals surface area contributed by atoms with E-state index < -0.39 is 6.09 Å². The van der Waals surface area contributed by atoms with Crippen molar-refractivity contribution in [3.05, 3.63) is 64.9 Å². The van der Waals surface area contributed by atoms with E-state index in [0.717, 1.165) is 10.9 Å². The van der Waals surface area contributed by atoms with Gasteiger partial charge in [0, 0.05) is 18.0 Å². The summed E-state index contributed by atoms with van der Waals surface area (Å²) >= 11 is 6.27. The van der Waals surface area contributed by atoms with E-state index in [-0.39, 0.29) is 12.6 Å². The first-order valence-corrected chi connectivity index (χ1v) is 9.06. The zero-order chi connectivity index (χ0) is 18.8. The van der Waals surface area contributed by atoms with Crippen LogP contribution >= 0.6 is 11.6 Å². The monoisotopic (exact) mass is 386 g/mol.